The lowest BCUT2D eigenvalue weighted by molar-refractivity contribution is 0.483. The number of thiocarbonyl (C=S) groups is 1. The van der Waals surface area contributed by atoms with Crippen molar-refractivity contribution in [1.29, 1.82) is 0 Å². The van der Waals surface area contributed by atoms with Crippen molar-refractivity contribution in [2.75, 3.05) is 11.9 Å². The highest BCUT2D eigenvalue weighted by Gasteiger charge is 2.00. The third-order valence-corrected chi connectivity index (χ3v) is 3.13. The highest BCUT2D eigenvalue weighted by Crippen LogP contribution is 2.23. The van der Waals surface area contributed by atoms with Crippen LogP contribution in [0.25, 0.3) is 0 Å². The lowest BCUT2D eigenvalue weighted by Crippen LogP contribution is -2.29. The van der Waals surface area contributed by atoms with Crippen LogP contribution in [0.4, 0.5) is 5.69 Å². The van der Waals surface area contributed by atoms with E-state index >= 15 is 0 Å². The van der Waals surface area contributed by atoms with Crippen LogP contribution in [-0.4, -0.2) is 11.7 Å². The summed E-state index contributed by atoms with van der Waals surface area (Å²) in [5.74, 6) is 1.60. The SMILES string of the molecule is CCCCNC(=S)Nc1cccc(Oc2ccccc2)c1. The number of anilines is 1. The molecule has 2 aromatic carbocycles. The maximum Gasteiger partial charge on any atom is 0.170 e. The minimum absolute atomic E-state index is 0.639. The van der Waals surface area contributed by atoms with E-state index < -0.39 is 0 Å². The van der Waals surface area contributed by atoms with E-state index in [1.54, 1.807) is 0 Å². The fraction of sp³-hybridized carbons (Fsp3) is 0.235. The third-order valence-electron chi connectivity index (χ3n) is 2.89. The molecule has 0 saturated carbocycles. The van der Waals surface area contributed by atoms with Gasteiger partial charge in [-0.3, -0.25) is 0 Å². The molecule has 0 saturated heterocycles. The highest BCUT2D eigenvalue weighted by molar-refractivity contribution is 7.80. The fourth-order valence-corrected chi connectivity index (χ4v) is 2.04. The van der Waals surface area contributed by atoms with Crippen LogP contribution in [0.1, 0.15) is 19.8 Å². The van der Waals surface area contributed by atoms with E-state index in [0.29, 0.717) is 5.11 Å². The number of unbranched alkanes of at least 4 members (excludes halogenated alkanes) is 1. The molecule has 0 aliphatic carbocycles. The number of para-hydroxylation sites is 1. The predicted molar refractivity (Wildman–Crippen MR) is 92.1 cm³/mol. The van der Waals surface area contributed by atoms with E-state index in [-0.39, 0.29) is 0 Å². The molecule has 0 unspecified atom stereocenters. The Kier molecular flexibility index (Phi) is 6.03. The number of hydrogen-bond acceptors (Lipinski definition) is 2. The van der Waals surface area contributed by atoms with E-state index in [9.17, 15) is 0 Å². The first-order valence-corrected chi connectivity index (χ1v) is 7.56. The summed E-state index contributed by atoms with van der Waals surface area (Å²) >= 11 is 5.26. The van der Waals surface area contributed by atoms with Gasteiger partial charge in [-0.1, -0.05) is 37.6 Å². The molecule has 0 amide bonds. The molecule has 4 heteroatoms. The molecule has 0 heterocycles. The number of ether oxygens (including phenoxy) is 1. The van der Waals surface area contributed by atoms with Crippen molar-refractivity contribution in [3.8, 4) is 11.5 Å². The first-order valence-electron chi connectivity index (χ1n) is 7.16. The van der Waals surface area contributed by atoms with Crippen LogP contribution in [0.2, 0.25) is 0 Å². The Morgan fingerprint density at radius 1 is 1.05 bits per heavy atom. The van der Waals surface area contributed by atoms with Crippen molar-refractivity contribution in [2.24, 2.45) is 0 Å². The summed E-state index contributed by atoms with van der Waals surface area (Å²) in [4.78, 5) is 0. The van der Waals surface area contributed by atoms with Gasteiger partial charge in [-0.05, 0) is 42.9 Å². The van der Waals surface area contributed by atoms with Gasteiger partial charge in [0.15, 0.2) is 5.11 Å². The predicted octanol–water partition coefficient (Wildman–Crippen LogP) is 4.57. The van der Waals surface area contributed by atoms with Crippen LogP contribution >= 0.6 is 12.2 Å². The number of nitrogens with one attached hydrogen (secondary N) is 2. The largest absolute Gasteiger partial charge is 0.457 e. The van der Waals surface area contributed by atoms with Crippen LogP contribution in [0.5, 0.6) is 11.5 Å². The van der Waals surface area contributed by atoms with Crippen molar-refractivity contribution in [1.82, 2.24) is 5.32 Å². The average Bonchev–Trinajstić information content (AvgIpc) is 2.49. The van der Waals surface area contributed by atoms with E-state index in [4.69, 9.17) is 17.0 Å². The molecule has 0 radical (unpaired) electrons. The molecule has 0 bridgehead atoms. The van der Waals surface area contributed by atoms with Crippen LogP contribution in [0, 0.1) is 0 Å². The molecular formula is C17H20N2OS. The van der Waals surface area contributed by atoms with Crippen LogP contribution in [0.3, 0.4) is 0 Å². The quantitative estimate of drug-likeness (QED) is 0.605. The van der Waals surface area contributed by atoms with Gasteiger partial charge in [0.1, 0.15) is 11.5 Å². The molecule has 0 aliphatic heterocycles. The molecule has 0 aliphatic rings. The van der Waals surface area contributed by atoms with E-state index in [1.165, 1.54) is 0 Å². The molecule has 21 heavy (non-hydrogen) atoms. The fourth-order valence-electron chi connectivity index (χ4n) is 1.82. The minimum Gasteiger partial charge on any atom is -0.457 e. The van der Waals surface area contributed by atoms with E-state index in [0.717, 1.165) is 36.6 Å². The molecule has 2 N–H and O–H groups in total. The summed E-state index contributed by atoms with van der Waals surface area (Å²) in [6, 6.07) is 17.5. The van der Waals surface area contributed by atoms with Gasteiger partial charge in [0.2, 0.25) is 0 Å². The zero-order valence-corrected chi connectivity index (χ0v) is 13.0. The first-order chi connectivity index (χ1) is 10.3. The van der Waals surface area contributed by atoms with Gasteiger partial charge in [0.25, 0.3) is 0 Å². The summed E-state index contributed by atoms with van der Waals surface area (Å²) in [6.45, 7) is 3.05. The minimum atomic E-state index is 0.639. The zero-order valence-electron chi connectivity index (χ0n) is 12.1. The Bertz CT molecular complexity index is 572. The Morgan fingerprint density at radius 2 is 1.81 bits per heavy atom. The molecular weight excluding hydrogens is 280 g/mol. The van der Waals surface area contributed by atoms with Crippen LogP contribution in [0.15, 0.2) is 54.6 Å². The maximum absolute atomic E-state index is 5.80. The van der Waals surface area contributed by atoms with Crippen LogP contribution < -0.4 is 15.4 Å². The van der Waals surface area contributed by atoms with E-state index in [1.807, 2.05) is 54.6 Å². The lowest BCUT2D eigenvalue weighted by atomic mass is 10.3. The average molecular weight is 300 g/mol. The number of hydrogen-bond donors (Lipinski definition) is 2. The van der Waals surface area contributed by atoms with Gasteiger partial charge in [0.05, 0.1) is 0 Å². The topological polar surface area (TPSA) is 33.3 Å². The molecule has 2 aromatic rings. The molecule has 0 fully saturated rings. The number of benzene rings is 2. The normalized spacial score (nSPS) is 9.95. The smallest absolute Gasteiger partial charge is 0.170 e. The summed E-state index contributed by atoms with van der Waals surface area (Å²) in [6.07, 6.45) is 2.26. The van der Waals surface area contributed by atoms with Gasteiger partial charge < -0.3 is 15.4 Å². The Labute approximate surface area is 131 Å². The van der Waals surface area contributed by atoms with Crippen molar-refractivity contribution in [3.05, 3.63) is 54.6 Å². The molecule has 0 atom stereocenters. The van der Waals surface area contributed by atoms with Gasteiger partial charge in [-0.2, -0.15) is 0 Å². The van der Waals surface area contributed by atoms with Gasteiger partial charge >= 0.3 is 0 Å². The van der Waals surface area contributed by atoms with Crippen molar-refractivity contribution < 1.29 is 4.74 Å². The van der Waals surface area contributed by atoms with Crippen molar-refractivity contribution in [3.63, 3.8) is 0 Å². The van der Waals surface area contributed by atoms with Crippen molar-refractivity contribution >= 4 is 23.0 Å². The molecule has 2 rings (SSSR count). The molecule has 0 aromatic heterocycles. The Hall–Kier alpha value is -2.07. The Balaban J connectivity index is 1.93. The van der Waals surface area contributed by atoms with Crippen molar-refractivity contribution in [2.45, 2.75) is 19.8 Å². The highest BCUT2D eigenvalue weighted by atomic mass is 32.1. The molecule has 3 nitrogen and oxygen atoms in total. The zero-order chi connectivity index (χ0) is 14.9. The van der Waals surface area contributed by atoms with Gasteiger partial charge in [-0.25, -0.2) is 0 Å². The second-order valence-corrected chi connectivity index (χ2v) is 5.09. The van der Waals surface area contributed by atoms with Gasteiger partial charge in [-0.15, -0.1) is 0 Å². The monoisotopic (exact) mass is 300 g/mol. The molecule has 110 valence electrons. The van der Waals surface area contributed by atoms with Gasteiger partial charge in [0, 0.05) is 18.3 Å². The second-order valence-electron chi connectivity index (χ2n) is 4.68. The third kappa shape index (κ3) is 5.44. The summed E-state index contributed by atoms with van der Waals surface area (Å²) in [5.41, 5.74) is 0.914. The lowest BCUT2D eigenvalue weighted by Gasteiger charge is -2.11. The summed E-state index contributed by atoms with van der Waals surface area (Å²) in [5, 5.41) is 6.99. The number of rotatable bonds is 6. The first kappa shape index (κ1) is 15.3. The summed E-state index contributed by atoms with van der Waals surface area (Å²) in [7, 11) is 0. The molecule has 0 spiro atoms. The second kappa shape index (κ2) is 8.27. The van der Waals surface area contributed by atoms with Crippen LogP contribution in [-0.2, 0) is 0 Å². The maximum atomic E-state index is 5.80. The Morgan fingerprint density at radius 3 is 2.57 bits per heavy atom. The standard InChI is InChI=1S/C17H20N2OS/c1-2-3-12-18-17(21)19-14-8-7-11-16(13-14)20-15-9-5-4-6-10-15/h4-11,13H,2-3,12H2,1H3,(H2,18,19,21). The van der Waals surface area contributed by atoms with E-state index in [2.05, 4.69) is 17.6 Å². The summed E-state index contributed by atoms with van der Waals surface area (Å²) < 4.78 is 5.80.